The van der Waals surface area contributed by atoms with Crippen molar-refractivity contribution in [2.45, 2.75) is 109 Å². The van der Waals surface area contributed by atoms with Gasteiger partial charge in [0.25, 0.3) is 0 Å². The number of fused-ring (bicyclic) bond motifs is 3. The average Bonchev–Trinajstić information content (AvgIpc) is 3.94. The molecule has 52 heavy (non-hydrogen) atoms. The van der Waals surface area contributed by atoms with Crippen LogP contribution in [0.25, 0.3) is 30.6 Å². The van der Waals surface area contributed by atoms with E-state index in [-0.39, 0.29) is 10.1 Å². The van der Waals surface area contributed by atoms with Crippen molar-refractivity contribution in [2.24, 2.45) is 4.30 Å². The number of thiazole rings is 3. The summed E-state index contributed by atoms with van der Waals surface area (Å²) in [7, 11) is 1.09. The number of aromatic nitrogens is 3. The van der Waals surface area contributed by atoms with Crippen LogP contribution in [0.5, 0.6) is 0 Å². The Balaban J connectivity index is 0.000000264. The summed E-state index contributed by atoms with van der Waals surface area (Å²) in [6.45, 7) is 6.48. The van der Waals surface area contributed by atoms with Crippen LogP contribution in [0.3, 0.4) is 0 Å². The normalized spacial score (nSPS) is 10.8. The molecule has 0 atom stereocenters. The van der Waals surface area contributed by atoms with Gasteiger partial charge in [0.2, 0.25) is 14.2 Å². The van der Waals surface area contributed by atoms with Crippen molar-refractivity contribution in [3.05, 3.63) is 39.1 Å². The topological polar surface area (TPSA) is 119 Å². The molecule has 285 valence electrons. The standard InChI is InChI=1S/C13H17Br2NO2S3.C13H19NS2.C6H5NS2.BHNS.O2S/c1-2-3-4-5-6-7-8-21(17,18)13-16-9-10(19-13)12(15)20-11(9)14;1-2-3-4-5-6-7-8-13-14-11-9-15-10-12(11)16-13;1-4-7-5-2-8-3-6(5)9-4;1-2-3;1-3-2/h2-8H2,1H3;9-10H,2-8H2,1H3;2-3H,1H3;3H;. The predicted molar refractivity (Wildman–Crippen MR) is 241 cm³/mol. The summed E-state index contributed by atoms with van der Waals surface area (Å²) in [6.07, 6.45) is 15.8. The Bertz CT molecular complexity index is 1940. The number of rotatable bonds is 15. The summed E-state index contributed by atoms with van der Waals surface area (Å²) in [5.74, 6) is 0.202. The Morgan fingerprint density at radius 3 is 1.81 bits per heavy atom. The molecule has 1 radical (unpaired) electrons. The molecule has 0 saturated heterocycles. The van der Waals surface area contributed by atoms with Gasteiger partial charge in [-0.1, -0.05) is 78.1 Å². The first-order valence-electron chi connectivity index (χ1n) is 16.6. The number of unbranched alkanes of at least 4 members (excludes halogenated alkanes) is 10. The summed E-state index contributed by atoms with van der Waals surface area (Å²) in [4.78, 5) is 13.2. The molecule has 0 aliphatic heterocycles. The van der Waals surface area contributed by atoms with Crippen LogP contribution in [0.4, 0.5) is 0 Å². The number of halogens is 2. The van der Waals surface area contributed by atoms with Crippen LogP contribution in [0.15, 0.2) is 37.7 Å². The summed E-state index contributed by atoms with van der Waals surface area (Å²) >= 11 is 19.2. The van der Waals surface area contributed by atoms with E-state index in [1.54, 1.807) is 34.0 Å². The molecule has 0 saturated carbocycles. The molecule has 6 aromatic heterocycles. The van der Waals surface area contributed by atoms with Gasteiger partial charge in [-0.15, -0.1) is 68.0 Å². The van der Waals surface area contributed by atoms with Crippen LogP contribution in [-0.4, -0.2) is 45.2 Å². The van der Waals surface area contributed by atoms with Crippen molar-refractivity contribution in [3.63, 3.8) is 0 Å². The van der Waals surface area contributed by atoms with Crippen molar-refractivity contribution >= 4 is 172 Å². The Kier molecular flexibility index (Phi) is 25.2. The van der Waals surface area contributed by atoms with E-state index in [1.807, 2.05) is 18.3 Å². The van der Waals surface area contributed by atoms with E-state index in [0.717, 1.165) is 47.6 Å². The van der Waals surface area contributed by atoms with E-state index in [1.165, 1.54) is 107 Å². The van der Waals surface area contributed by atoms with E-state index in [2.05, 4.69) is 107 Å². The first-order chi connectivity index (χ1) is 25.0. The molecule has 0 N–H and O–H groups in total. The quantitative estimate of drug-likeness (QED) is 0.0618. The minimum atomic E-state index is -3.25. The Labute approximate surface area is 358 Å². The van der Waals surface area contributed by atoms with Gasteiger partial charge >= 0.3 is 36.3 Å². The van der Waals surface area contributed by atoms with Gasteiger partial charge in [-0.2, -0.15) is 8.42 Å². The van der Waals surface area contributed by atoms with Crippen LogP contribution in [-0.2, 0) is 27.8 Å². The second-order valence-electron chi connectivity index (χ2n) is 11.2. The second kappa shape index (κ2) is 27.3. The Hall–Kier alpha value is -0.285. The summed E-state index contributed by atoms with van der Waals surface area (Å²) in [6, 6.07) is 0. The zero-order chi connectivity index (χ0) is 38.4. The molecule has 0 aromatic carbocycles. The molecule has 6 aromatic rings. The van der Waals surface area contributed by atoms with Gasteiger partial charge in [0, 0.05) is 21.5 Å². The molecule has 0 amide bonds. The predicted octanol–water partition coefficient (Wildman–Crippen LogP) is 13.5. The number of sulfone groups is 1. The van der Waals surface area contributed by atoms with Crippen molar-refractivity contribution in [2.75, 3.05) is 5.75 Å². The maximum atomic E-state index is 12.3. The van der Waals surface area contributed by atoms with E-state index in [0.29, 0.717) is 0 Å². The Morgan fingerprint density at radius 2 is 1.27 bits per heavy atom. The first-order valence-corrected chi connectivity index (χ1v) is 26.0. The van der Waals surface area contributed by atoms with Gasteiger partial charge in [0.15, 0.2) is 0 Å². The van der Waals surface area contributed by atoms with Crippen LogP contribution in [0.1, 0.15) is 101 Å². The van der Waals surface area contributed by atoms with Crippen LogP contribution >= 0.6 is 113 Å². The number of hydrogen-bond donors (Lipinski definition) is 1. The maximum absolute atomic E-state index is 12.3. The van der Waals surface area contributed by atoms with Crippen LogP contribution < -0.4 is 0 Å². The molecule has 8 nitrogen and oxygen atoms in total. The molecular weight excluding hydrogens is 964 g/mol. The average molecular weight is 1010 g/mol. The molecule has 6 heterocycles. The van der Waals surface area contributed by atoms with Gasteiger partial charge in [-0.3, -0.25) is 0 Å². The zero-order valence-corrected chi connectivity index (χ0v) is 39.8. The molecular formula is C32H42BBr2N4O4S9. The van der Waals surface area contributed by atoms with Gasteiger partial charge < -0.3 is 0 Å². The number of aryl methyl sites for hydroxylation is 2. The number of nitrogens with zero attached hydrogens (tertiary/aromatic N) is 4. The molecule has 0 aliphatic carbocycles. The fourth-order valence-corrected chi connectivity index (χ4v) is 14.3. The van der Waals surface area contributed by atoms with Gasteiger partial charge in [-0.25, -0.2) is 23.4 Å². The fraction of sp³-hybridized carbons (Fsp3) is 0.531. The summed E-state index contributed by atoms with van der Waals surface area (Å²) in [5, 5.41) is 11.1. The molecule has 0 spiro atoms. The fourth-order valence-electron chi connectivity index (χ4n) is 4.71. The molecule has 0 bridgehead atoms. The third-order valence-corrected chi connectivity index (χ3v) is 17.1. The van der Waals surface area contributed by atoms with Gasteiger partial charge in [-0.05, 0) is 58.0 Å². The third-order valence-electron chi connectivity index (χ3n) is 7.15. The number of thiol groups is 1. The van der Waals surface area contributed by atoms with Crippen LogP contribution in [0.2, 0.25) is 0 Å². The Morgan fingerprint density at radius 1 is 0.750 bits per heavy atom. The molecule has 0 unspecified atom stereocenters. The first kappa shape index (κ1) is 47.9. The van der Waals surface area contributed by atoms with Crippen molar-refractivity contribution in [1.82, 2.24) is 15.0 Å². The number of hydrogen-bond acceptors (Lipinski definition) is 15. The monoisotopic (exact) mass is 1000 g/mol. The SMILES string of the molecule is CCCCCCCCS(=O)(=O)c1nc2c(Br)sc(Br)c2s1.CCCCCCCCc1nc2cscc2s1.Cc1nc2cscc2s1.O=S=O.[B]=NS. The van der Waals surface area contributed by atoms with Crippen molar-refractivity contribution in [1.29, 1.82) is 0 Å². The minimum absolute atomic E-state index is 0.202. The van der Waals surface area contributed by atoms with Gasteiger partial charge in [0.1, 0.15) is 5.52 Å². The molecule has 20 heteroatoms. The molecule has 0 aliphatic rings. The third kappa shape index (κ3) is 17.2. The van der Waals surface area contributed by atoms with Crippen molar-refractivity contribution < 1.29 is 16.8 Å². The molecule has 6 rings (SSSR count). The summed E-state index contributed by atoms with van der Waals surface area (Å²) in [5.41, 5.74) is 3.11. The van der Waals surface area contributed by atoms with Gasteiger partial charge in [0.05, 0.1) is 48.5 Å². The van der Waals surface area contributed by atoms with Crippen molar-refractivity contribution in [3.8, 4) is 0 Å². The molecule has 0 fully saturated rings. The van der Waals surface area contributed by atoms with E-state index in [4.69, 9.17) is 8.42 Å². The second-order valence-corrected chi connectivity index (χ2v) is 22.3. The zero-order valence-electron chi connectivity index (χ0n) is 29.2. The summed E-state index contributed by atoms with van der Waals surface area (Å²) < 4.78 is 49.6. The van der Waals surface area contributed by atoms with E-state index in [9.17, 15) is 8.42 Å². The van der Waals surface area contributed by atoms with E-state index < -0.39 is 21.4 Å². The van der Waals surface area contributed by atoms with E-state index >= 15 is 0 Å². The number of thiophene rings is 3. The van der Waals surface area contributed by atoms with Crippen LogP contribution in [0, 0.1) is 6.92 Å².